The van der Waals surface area contributed by atoms with E-state index in [1.54, 1.807) is 11.3 Å². The van der Waals surface area contributed by atoms with Gasteiger partial charge in [0.05, 0.1) is 17.5 Å². The lowest BCUT2D eigenvalue weighted by molar-refractivity contribution is 0.0906. The summed E-state index contributed by atoms with van der Waals surface area (Å²) in [5.41, 5.74) is 0. The molecule has 1 fully saturated rings. The number of aliphatic hydroxyl groups is 1. The van der Waals surface area contributed by atoms with Crippen molar-refractivity contribution in [2.75, 3.05) is 33.7 Å². The summed E-state index contributed by atoms with van der Waals surface area (Å²) in [5.74, 6) is 0.163. The third kappa shape index (κ3) is 3.86. The number of ketones is 1. The smallest absolute Gasteiger partial charge is 0.186 e. The van der Waals surface area contributed by atoms with E-state index in [-0.39, 0.29) is 17.9 Å². The van der Waals surface area contributed by atoms with Crippen molar-refractivity contribution < 1.29 is 9.90 Å². The number of carbonyl (C=O) groups excluding carboxylic acids is 1. The highest BCUT2D eigenvalue weighted by Gasteiger charge is 2.32. The van der Waals surface area contributed by atoms with Crippen LogP contribution in [0.2, 0.25) is 0 Å². The molecule has 19 heavy (non-hydrogen) atoms. The van der Waals surface area contributed by atoms with Gasteiger partial charge in [0.1, 0.15) is 0 Å². The highest BCUT2D eigenvalue weighted by Crippen LogP contribution is 2.21. The minimum atomic E-state index is -0.303. The van der Waals surface area contributed by atoms with E-state index >= 15 is 0 Å². The van der Waals surface area contributed by atoms with Gasteiger partial charge in [-0.2, -0.15) is 0 Å². The van der Waals surface area contributed by atoms with Crippen LogP contribution in [0.1, 0.15) is 21.0 Å². The second-order valence-corrected chi connectivity index (χ2v) is 6.86. The standard InChI is InChI=1S/C14H22N2O2S/c1-10-4-5-14(19-10)13(18)9-16-8-12(17)6-11(16)7-15(2)3/h4-5,11-12,17H,6-9H2,1-3H3. The van der Waals surface area contributed by atoms with Crippen molar-refractivity contribution in [3.8, 4) is 0 Å². The maximum absolute atomic E-state index is 12.2. The molecule has 1 aliphatic heterocycles. The van der Waals surface area contributed by atoms with Crippen molar-refractivity contribution in [1.29, 1.82) is 0 Å². The number of carbonyl (C=O) groups is 1. The van der Waals surface area contributed by atoms with Gasteiger partial charge in [-0.15, -0.1) is 11.3 Å². The second-order valence-electron chi connectivity index (χ2n) is 5.57. The third-order valence-electron chi connectivity index (χ3n) is 3.44. The fourth-order valence-electron chi connectivity index (χ4n) is 2.61. The van der Waals surface area contributed by atoms with E-state index in [1.165, 1.54) is 0 Å². The Balaban J connectivity index is 1.98. The first-order valence-electron chi connectivity index (χ1n) is 6.62. The Morgan fingerprint density at radius 1 is 1.53 bits per heavy atom. The zero-order valence-corrected chi connectivity index (χ0v) is 12.6. The lowest BCUT2D eigenvalue weighted by Crippen LogP contribution is -2.40. The van der Waals surface area contributed by atoms with Crippen molar-refractivity contribution >= 4 is 17.1 Å². The van der Waals surface area contributed by atoms with Crippen LogP contribution in [0, 0.1) is 6.92 Å². The van der Waals surface area contributed by atoms with Crippen LogP contribution in [-0.4, -0.2) is 66.6 Å². The monoisotopic (exact) mass is 282 g/mol. The molecule has 2 atom stereocenters. The molecule has 1 aromatic rings. The number of nitrogens with zero attached hydrogens (tertiary/aromatic N) is 2. The highest BCUT2D eigenvalue weighted by molar-refractivity contribution is 7.14. The Bertz CT molecular complexity index is 444. The molecule has 0 saturated carbocycles. The number of aryl methyl sites for hydroxylation is 1. The van der Waals surface area contributed by atoms with Gasteiger partial charge in [0.25, 0.3) is 0 Å². The summed E-state index contributed by atoms with van der Waals surface area (Å²) < 4.78 is 0. The summed E-state index contributed by atoms with van der Waals surface area (Å²) in [4.78, 5) is 18.4. The van der Waals surface area contributed by atoms with Gasteiger partial charge in [0, 0.05) is 24.0 Å². The number of thiophene rings is 1. The summed E-state index contributed by atoms with van der Waals surface area (Å²) in [6.45, 7) is 3.91. The quantitative estimate of drug-likeness (QED) is 0.825. The number of likely N-dealkylation sites (tertiary alicyclic amines) is 1. The first kappa shape index (κ1) is 14.7. The number of Topliss-reactive ketones (excluding diaryl/α,β-unsaturated/α-hetero) is 1. The summed E-state index contributed by atoms with van der Waals surface area (Å²) in [6, 6.07) is 4.15. The van der Waals surface area contributed by atoms with E-state index in [0.29, 0.717) is 13.1 Å². The van der Waals surface area contributed by atoms with Crippen molar-refractivity contribution in [3.63, 3.8) is 0 Å². The van der Waals surface area contributed by atoms with Crippen molar-refractivity contribution in [2.45, 2.75) is 25.5 Å². The van der Waals surface area contributed by atoms with Gasteiger partial charge >= 0.3 is 0 Å². The van der Waals surface area contributed by atoms with Gasteiger partial charge in [-0.1, -0.05) is 0 Å². The topological polar surface area (TPSA) is 43.8 Å². The molecule has 106 valence electrons. The number of β-amino-alcohol motifs (C(OH)–C–C–N with tert-alkyl or cyclic N) is 1. The van der Waals surface area contributed by atoms with Crippen LogP contribution in [0.25, 0.3) is 0 Å². The van der Waals surface area contributed by atoms with E-state index in [1.807, 2.05) is 33.2 Å². The third-order valence-corrected chi connectivity index (χ3v) is 4.49. The lowest BCUT2D eigenvalue weighted by Gasteiger charge is -2.25. The largest absolute Gasteiger partial charge is 0.392 e. The number of rotatable bonds is 5. The Hall–Kier alpha value is -0.750. The summed E-state index contributed by atoms with van der Waals surface area (Å²) in [6.07, 6.45) is 0.456. The average Bonchev–Trinajstić information content (AvgIpc) is 2.85. The van der Waals surface area contributed by atoms with Crippen LogP contribution in [0.5, 0.6) is 0 Å². The maximum atomic E-state index is 12.2. The normalized spacial score (nSPS) is 24.3. The second kappa shape index (κ2) is 6.13. The van der Waals surface area contributed by atoms with Crippen LogP contribution in [0.4, 0.5) is 0 Å². The Morgan fingerprint density at radius 2 is 2.26 bits per heavy atom. The molecular formula is C14H22N2O2S. The molecule has 0 bridgehead atoms. The van der Waals surface area contributed by atoms with Crippen LogP contribution in [0.3, 0.4) is 0 Å². The highest BCUT2D eigenvalue weighted by atomic mass is 32.1. The molecule has 5 heteroatoms. The summed E-state index contributed by atoms with van der Waals surface area (Å²) in [5, 5.41) is 9.80. The molecule has 1 aliphatic rings. The molecule has 1 aromatic heterocycles. The van der Waals surface area contributed by atoms with Crippen molar-refractivity contribution in [3.05, 3.63) is 21.9 Å². The van der Waals surface area contributed by atoms with Gasteiger partial charge in [0.15, 0.2) is 5.78 Å². The minimum absolute atomic E-state index is 0.163. The van der Waals surface area contributed by atoms with Gasteiger partial charge in [-0.3, -0.25) is 9.69 Å². The van der Waals surface area contributed by atoms with Crippen molar-refractivity contribution in [2.24, 2.45) is 0 Å². The Labute approximate surface area is 118 Å². The maximum Gasteiger partial charge on any atom is 0.186 e. The molecule has 0 aromatic carbocycles. The fraction of sp³-hybridized carbons (Fsp3) is 0.643. The van der Waals surface area contributed by atoms with E-state index in [4.69, 9.17) is 0 Å². The predicted molar refractivity (Wildman–Crippen MR) is 77.9 cm³/mol. The molecule has 0 amide bonds. The average molecular weight is 282 g/mol. The first-order valence-corrected chi connectivity index (χ1v) is 7.44. The van der Waals surface area contributed by atoms with Gasteiger partial charge < -0.3 is 10.0 Å². The fourth-order valence-corrected chi connectivity index (χ4v) is 3.41. The van der Waals surface area contributed by atoms with Crippen molar-refractivity contribution in [1.82, 2.24) is 9.80 Å². The Kier molecular flexibility index (Phi) is 4.73. The predicted octanol–water partition coefficient (Wildman–Crippen LogP) is 1.24. The number of hydrogen-bond donors (Lipinski definition) is 1. The molecule has 1 N–H and O–H groups in total. The molecule has 0 aliphatic carbocycles. The summed E-state index contributed by atoms with van der Waals surface area (Å²) in [7, 11) is 4.04. The zero-order valence-electron chi connectivity index (χ0n) is 11.8. The molecule has 2 unspecified atom stereocenters. The Morgan fingerprint density at radius 3 is 2.84 bits per heavy atom. The molecular weight excluding hydrogens is 260 g/mol. The van der Waals surface area contributed by atoms with Crippen LogP contribution < -0.4 is 0 Å². The van der Waals surface area contributed by atoms with Gasteiger partial charge in [0.2, 0.25) is 0 Å². The molecule has 2 heterocycles. The zero-order chi connectivity index (χ0) is 14.0. The SMILES string of the molecule is Cc1ccc(C(=O)CN2CC(O)CC2CN(C)C)s1. The lowest BCUT2D eigenvalue weighted by atomic mass is 10.2. The van der Waals surface area contributed by atoms with Crippen LogP contribution >= 0.6 is 11.3 Å². The van der Waals surface area contributed by atoms with Crippen LogP contribution in [0.15, 0.2) is 12.1 Å². The summed E-state index contributed by atoms with van der Waals surface area (Å²) >= 11 is 1.55. The molecule has 0 spiro atoms. The van der Waals surface area contributed by atoms with E-state index < -0.39 is 0 Å². The van der Waals surface area contributed by atoms with E-state index in [2.05, 4.69) is 9.80 Å². The van der Waals surface area contributed by atoms with E-state index in [0.717, 1.165) is 22.7 Å². The van der Waals surface area contributed by atoms with Crippen LogP contribution in [-0.2, 0) is 0 Å². The number of likely N-dealkylation sites (N-methyl/N-ethyl adjacent to an activating group) is 1. The van der Waals surface area contributed by atoms with E-state index in [9.17, 15) is 9.90 Å². The molecule has 2 rings (SSSR count). The molecule has 0 radical (unpaired) electrons. The van der Waals surface area contributed by atoms with Gasteiger partial charge in [-0.25, -0.2) is 0 Å². The molecule has 1 saturated heterocycles. The minimum Gasteiger partial charge on any atom is -0.392 e. The molecule has 4 nitrogen and oxygen atoms in total. The first-order chi connectivity index (χ1) is 8.95. The van der Waals surface area contributed by atoms with Gasteiger partial charge in [-0.05, 0) is 39.6 Å². The number of aliphatic hydroxyl groups excluding tert-OH is 1. The number of hydrogen-bond acceptors (Lipinski definition) is 5.